The van der Waals surface area contributed by atoms with Gasteiger partial charge in [-0.15, -0.1) is 0 Å². The van der Waals surface area contributed by atoms with Crippen molar-refractivity contribution in [2.24, 2.45) is 5.73 Å². The molecular formula is C16H25N3O2. The Balaban J connectivity index is 2.75. The van der Waals surface area contributed by atoms with Gasteiger partial charge in [0.15, 0.2) is 0 Å². The Labute approximate surface area is 126 Å². The lowest BCUT2D eigenvalue weighted by molar-refractivity contribution is -0.116. The van der Waals surface area contributed by atoms with Gasteiger partial charge in [-0.25, -0.2) is 0 Å². The van der Waals surface area contributed by atoms with E-state index in [0.717, 1.165) is 18.4 Å². The second-order valence-corrected chi connectivity index (χ2v) is 5.19. The predicted octanol–water partition coefficient (Wildman–Crippen LogP) is 2.20. The second kappa shape index (κ2) is 8.42. The molecular weight excluding hydrogens is 266 g/mol. The molecule has 1 unspecified atom stereocenters. The third-order valence-electron chi connectivity index (χ3n) is 3.22. The van der Waals surface area contributed by atoms with Gasteiger partial charge in [-0.1, -0.05) is 19.4 Å². The molecule has 0 aliphatic rings. The molecule has 116 valence electrons. The highest BCUT2D eigenvalue weighted by molar-refractivity contribution is 5.97. The van der Waals surface area contributed by atoms with Gasteiger partial charge in [-0.05, 0) is 38.0 Å². The van der Waals surface area contributed by atoms with E-state index in [9.17, 15) is 9.59 Å². The van der Waals surface area contributed by atoms with Crippen molar-refractivity contribution in [1.29, 1.82) is 0 Å². The van der Waals surface area contributed by atoms with Crippen LogP contribution in [0.4, 0.5) is 5.69 Å². The summed E-state index contributed by atoms with van der Waals surface area (Å²) < 4.78 is 0. The Bertz CT molecular complexity index is 500. The number of nitrogens with one attached hydrogen (secondary N) is 2. The molecule has 1 atom stereocenters. The number of amides is 2. The molecule has 0 fully saturated rings. The quantitative estimate of drug-likeness (QED) is 0.720. The predicted molar refractivity (Wildman–Crippen MR) is 85.3 cm³/mol. The molecule has 0 spiro atoms. The van der Waals surface area contributed by atoms with Crippen LogP contribution in [0.25, 0.3) is 0 Å². The largest absolute Gasteiger partial charge is 0.352 e. The number of carbonyl (C=O) groups is 2. The lowest BCUT2D eigenvalue weighted by Crippen LogP contribution is -2.27. The van der Waals surface area contributed by atoms with Crippen molar-refractivity contribution in [1.82, 2.24) is 5.32 Å². The Morgan fingerprint density at radius 2 is 2.00 bits per heavy atom. The SMILES string of the molecule is CCCC(N)CC(=O)Nc1cc(C(=O)NCC)ccc1C. The van der Waals surface area contributed by atoms with E-state index in [0.29, 0.717) is 24.2 Å². The van der Waals surface area contributed by atoms with E-state index in [1.54, 1.807) is 12.1 Å². The fourth-order valence-electron chi connectivity index (χ4n) is 2.07. The summed E-state index contributed by atoms with van der Waals surface area (Å²) in [6, 6.07) is 5.15. The maximum Gasteiger partial charge on any atom is 0.251 e. The van der Waals surface area contributed by atoms with Crippen LogP contribution in [0.5, 0.6) is 0 Å². The van der Waals surface area contributed by atoms with E-state index in [1.807, 2.05) is 26.8 Å². The average Bonchev–Trinajstić information content (AvgIpc) is 2.41. The molecule has 5 nitrogen and oxygen atoms in total. The minimum atomic E-state index is -0.143. The normalized spacial score (nSPS) is 11.8. The van der Waals surface area contributed by atoms with E-state index >= 15 is 0 Å². The highest BCUT2D eigenvalue weighted by Crippen LogP contribution is 2.17. The van der Waals surface area contributed by atoms with Crippen LogP contribution >= 0.6 is 0 Å². The Morgan fingerprint density at radius 3 is 2.62 bits per heavy atom. The van der Waals surface area contributed by atoms with Gasteiger partial charge in [0.1, 0.15) is 0 Å². The topological polar surface area (TPSA) is 84.2 Å². The molecule has 1 aromatic rings. The summed E-state index contributed by atoms with van der Waals surface area (Å²) in [7, 11) is 0. The van der Waals surface area contributed by atoms with Crippen LogP contribution in [0, 0.1) is 6.92 Å². The summed E-state index contributed by atoms with van der Waals surface area (Å²) in [6.07, 6.45) is 2.07. The molecule has 0 radical (unpaired) electrons. The number of hydrogen-bond acceptors (Lipinski definition) is 3. The lowest BCUT2D eigenvalue weighted by atomic mass is 10.1. The molecule has 0 heterocycles. The summed E-state index contributed by atoms with van der Waals surface area (Å²) in [5.41, 5.74) is 7.98. The Kier molecular flexibility index (Phi) is 6.88. The summed E-state index contributed by atoms with van der Waals surface area (Å²) in [4.78, 5) is 23.8. The standard InChI is InChI=1S/C16H25N3O2/c1-4-6-13(17)10-15(20)19-14-9-12(8-7-11(14)3)16(21)18-5-2/h7-9,13H,4-6,10,17H2,1-3H3,(H,18,21)(H,19,20). The summed E-state index contributed by atoms with van der Waals surface area (Å²) in [6.45, 7) is 6.37. The van der Waals surface area contributed by atoms with Crippen molar-refractivity contribution in [2.45, 2.75) is 46.1 Å². The minimum absolute atomic E-state index is 0.118. The number of rotatable bonds is 7. The van der Waals surface area contributed by atoms with Crippen LogP contribution in [-0.2, 0) is 4.79 Å². The molecule has 1 aromatic carbocycles. The zero-order valence-electron chi connectivity index (χ0n) is 13.0. The number of anilines is 1. The number of nitrogens with two attached hydrogens (primary N) is 1. The van der Waals surface area contributed by atoms with Crippen LogP contribution < -0.4 is 16.4 Å². The first-order valence-corrected chi connectivity index (χ1v) is 7.42. The fourth-order valence-corrected chi connectivity index (χ4v) is 2.07. The van der Waals surface area contributed by atoms with Crippen LogP contribution in [0.3, 0.4) is 0 Å². The molecule has 0 aliphatic carbocycles. The number of benzene rings is 1. The van der Waals surface area contributed by atoms with Gasteiger partial charge in [0.05, 0.1) is 0 Å². The minimum Gasteiger partial charge on any atom is -0.352 e. The van der Waals surface area contributed by atoms with Crippen molar-refractivity contribution in [3.8, 4) is 0 Å². The molecule has 0 aromatic heterocycles. The van der Waals surface area contributed by atoms with Gasteiger partial charge in [-0.3, -0.25) is 9.59 Å². The average molecular weight is 291 g/mol. The van der Waals surface area contributed by atoms with Crippen molar-refractivity contribution in [3.63, 3.8) is 0 Å². The molecule has 0 bridgehead atoms. The number of carbonyl (C=O) groups excluding carboxylic acids is 2. The first kappa shape index (κ1) is 17.2. The first-order chi connectivity index (χ1) is 9.97. The maximum absolute atomic E-state index is 12.0. The third-order valence-corrected chi connectivity index (χ3v) is 3.22. The molecule has 2 amide bonds. The van der Waals surface area contributed by atoms with E-state index < -0.39 is 0 Å². The molecule has 1 rings (SSSR count). The molecule has 5 heteroatoms. The van der Waals surface area contributed by atoms with E-state index in [4.69, 9.17) is 5.73 Å². The molecule has 4 N–H and O–H groups in total. The number of hydrogen-bond donors (Lipinski definition) is 3. The third kappa shape index (κ3) is 5.55. The zero-order chi connectivity index (χ0) is 15.8. The molecule has 21 heavy (non-hydrogen) atoms. The zero-order valence-corrected chi connectivity index (χ0v) is 13.0. The summed E-state index contributed by atoms with van der Waals surface area (Å²) in [5, 5.41) is 5.58. The Morgan fingerprint density at radius 1 is 1.29 bits per heavy atom. The number of aryl methyl sites for hydroxylation is 1. The van der Waals surface area contributed by atoms with Crippen molar-refractivity contribution in [2.75, 3.05) is 11.9 Å². The molecule has 0 aliphatic heterocycles. The van der Waals surface area contributed by atoms with Crippen molar-refractivity contribution in [3.05, 3.63) is 29.3 Å². The fraction of sp³-hybridized carbons (Fsp3) is 0.500. The highest BCUT2D eigenvalue weighted by atomic mass is 16.2. The van der Waals surface area contributed by atoms with Crippen LogP contribution in [0.15, 0.2) is 18.2 Å². The smallest absolute Gasteiger partial charge is 0.251 e. The second-order valence-electron chi connectivity index (χ2n) is 5.19. The van der Waals surface area contributed by atoms with Gasteiger partial charge in [-0.2, -0.15) is 0 Å². The Hall–Kier alpha value is -1.88. The van der Waals surface area contributed by atoms with Crippen molar-refractivity contribution < 1.29 is 9.59 Å². The van der Waals surface area contributed by atoms with Gasteiger partial charge in [0.25, 0.3) is 5.91 Å². The summed E-state index contributed by atoms with van der Waals surface area (Å²) >= 11 is 0. The first-order valence-electron chi connectivity index (χ1n) is 7.42. The molecule has 0 saturated carbocycles. The lowest BCUT2D eigenvalue weighted by Gasteiger charge is -2.13. The van der Waals surface area contributed by atoms with Gasteiger partial charge >= 0.3 is 0 Å². The van der Waals surface area contributed by atoms with E-state index in [1.165, 1.54) is 0 Å². The summed E-state index contributed by atoms with van der Waals surface area (Å²) in [5.74, 6) is -0.261. The van der Waals surface area contributed by atoms with Crippen LogP contribution in [-0.4, -0.2) is 24.4 Å². The van der Waals surface area contributed by atoms with E-state index in [2.05, 4.69) is 10.6 Å². The maximum atomic E-state index is 12.0. The highest BCUT2D eigenvalue weighted by Gasteiger charge is 2.12. The van der Waals surface area contributed by atoms with Crippen LogP contribution in [0.2, 0.25) is 0 Å². The monoisotopic (exact) mass is 291 g/mol. The van der Waals surface area contributed by atoms with Crippen LogP contribution in [0.1, 0.15) is 49.0 Å². The molecule has 0 saturated heterocycles. The van der Waals surface area contributed by atoms with Gasteiger partial charge < -0.3 is 16.4 Å². The van der Waals surface area contributed by atoms with Gasteiger partial charge in [0.2, 0.25) is 5.91 Å². The van der Waals surface area contributed by atoms with E-state index in [-0.39, 0.29) is 17.9 Å². The van der Waals surface area contributed by atoms with Crippen molar-refractivity contribution >= 4 is 17.5 Å². The van der Waals surface area contributed by atoms with Gasteiger partial charge in [0, 0.05) is 30.3 Å².